The van der Waals surface area contributed by atoms with Crippen LogP contribution in [-0.2, 0) is 4.79 Å². The molecular formula is C17H25N3O2. The SMILES string of the molecule is CCC(=O)Nc1ccc(NC(=O)N2CCC(C)CC2)cc1C. The predicted octanol–water partition coefficient (Wildman–Crippen LogP) is 3.61. The quantitative estimate of drug-likeness (QED) is 0.896. The number of urea groups is 1. The van der Waals surface area contributed by atoms with E-state index in [0.29, 0.717) is 12.3 Å². The van der Waals surface area contributed by atoms with Crippen molar-refractivity contribution in [1.82, 2.24) is 4.90 Å². The van der Waals surface area contributed by atoms with Gasteiger partial charge in [-0.3, -0.25) is 4.79 Å². The maximum atomic E-state index is 12.2. The van der Waals surface area contributed by atoms with Crippen LogP contribution in [0.1, 0.15) is 38.7 Å². The van der Waals surface area contributed by atoms with Crippen molar-refractivity contribution >= 4 is 23.3 Å². The van der Waals surface area contributed by atoms with Gasteiger partial charge in [0.25, 0.3) is 0 Å². The number of nitrogens with zero attached hydrogens (tertiary/aromatic N) is 1. The average Bonchev–Trinajstić information content (AvgIpc) is 2.50. The van der Waals surface area contributed by atoms with Crippen LogP contribution >= 0.6 is 0 Å². The maximum absolute atomic E-state index is 12.2. The minimum atomic E-state index is -0.0448. The number of hydrogen-bond acceptors (Lipinski definition) is 2. The molecule has 0 unspecified atom stereocenters. The lowest BCUT2D eigenvalue weighted by atomic mass is 10.00. The molecule has 5 heteroatoms. The fourth-order valence-electron chi connectivity index (χ4n) is 2.53. The number of nitrogens with one attached hydrogen (secondary N) is 2. The number of amides is 3. The first-order valence-electron chi connectivity index (χ1n) is 7.96. The van der Waals surface area contributed by atoms with E-state index in [1.165, 1.54) is 0 Å². The zero-order valence-corrected chi connectivity index (χ0v) is 13.6. The molecule has 0 saturated carbocycles. The third-order valence-electron chi connectivity index (χ3n) is 4.14. The molecule has 1 fully saturated rings. The van der Waals surface area contributed by atoms with Gasteiger partial charge in [-0.15, -0.1) is 0 Å². The summed E-state index contributed by atoms with van der Waals surface area (Å²) in [5.41, 5.74) is 2.49. The summed E-state index contributed by atoms with van der Waals surface area (Å²) in [6.07, 6.45) is 2.58. The van der Waals surface area contributed by atoms with Crippen molar-refractivity contribution in [2.75, 3.05) is 23.7 Å². The van der Waals surface area contributed by atoms with Gasteiger partial charge in [0.05, 0.1) is 0 Å². The van der Waals surface area contributed by atoms with Gasteiger partial charge in [0.2, 0.25) is 5.91 Å². The summed E-state index contributed by atoms with van der Waals surface area (Å²) >= 11 is 0. The normalized spacial score (nSPS) is 15.5. The molecule has 0 radical (unpaired) electrons. The summed E-state index contributed by atoms with van der Waals surface area (Å²) in [6.45, 7) is 7.59. The van der Waals surface area contributed by atoms with Gasteiger partial charge < -0.3 is 15.5 Å². The molecule has 1 heterocycles. The van der Waals surface area contributed by atoms with Gasteiger partial charge in [-0.1, -0.05) is 13.8 Å². The molecule has 0 spiro atoms. The predicted molar refractivity (Wildman–Crippen MR) is 89.1 cm³/mol. The molecule has 22 heavy (non-hydrogen) atoms. The highest BCUT2D eigenvalue weighted by atomic mass is 16.2. The van der Waals surface area contributed by atoms with Crippen molar-refractivity contribution in [1.29, 1.82) is 0 Å². The zero-order chi connectivity index (χ0) is 16.1. The molecule has 1 aliphatic heterocycles. The largest absolute Gasteiger partial charge is 0.326 e. The first kappa shape index (κ1) is 16.3. The first-order chi connectivity index (χ1) is 10.5. The Hall–Kier alpha value is -2.04. The van der Waals surface area contributed by atoms with Crippen LogP contribution in [0.25, 0.3) is 0 Å². The van der Waals surface area contributed by atoms with E-state index in [0.717, 1.165) is 42.9 Å². The number of anilines is 2. The number of carbonyl (C=O) groups excluding carboxylic acids is 2. The molecule has 2 N–H and O–H groups in total. The lowest BCUT2D eigenvalue weighted by Gasteiger charge is -2.30. The third kappa shape index (κ3) is 4.23. The lowest BCUT2D eigenvalue weighted by molar-refractivity contribution is -0.115. The average molecular weight is 303 g/mol. The van der Waals surface area contributed by atoms with Crippen LogP contribution in [0.5, 0.6) is 0 Å². The topological polar surface area (TPSA) is 61.4 Å². The van der Waals surface area contributed by atoms with E-state index >= 15 is 0 Å². The summed E-state index contributed by atoms with van der Waals surface area (Å²) in [5.74, 6) is 0.690. The molecule has 1 aliphatic rings. The summed E-state index contributed by atoms with van der Waals surface area (Å²) in [4.78, 5) is 25.5. The Morgan fingerprint density at radius 1 is 1.23 bits per heavy atom. The molecule has 0 aliphatic carbocycles. The van der Waals surface area contributed by atoms with Gasteiger partial charge in [0.1, 0.15) is 0 Å². The molecule has 120 valence electrons. The Morgan fingerprint density at radius 3 is 2.50 bits per heavy atom. The van der Waals surface area contributed by atoms with E-state index in [2.05, 4.69) is 17.6 Å². The number of piperidine rings is 1. The fraction of sp³-hybridized carbons (Fsp3) is 0.529. The fourth-order valence-corrected chi connectivity index (χ4v) is 2.53. The van der Waals surface area contributed by atoms with Crippen molar-refractivity contribution in [3.05, 3.63) is 23.8 Å². The molecule has 0 aromatic heterocycles. The van der Waals surface area contributed by atoms with Crippen molar-refractivity contribution in [2.45, 2.75) is 40.0 Å². The van der Waals surface area contributed by atoms with E-state index in [-0.39, 0.29) is 11.9 Å². The number of rotatable bonds is 3. The van der Waals surface area contributed by atoms with Crippen LogP contribution in [0.4, 0.5) is 16.2 Å². The van der Waals surface area contributed by atoms with Gasteiger partial charge in [-0.05, 0) is 49.4 Å². The Balaban J connectivity index is 1.97. The van der Waals surface area contributed by atoms with Crippen molar-refractivity contribution in [3.8, 4) is 0 Å². The van der Waals surface area contributed by atoms with Gasteiger partial charge in [0, 0.05) is 30.9 Å². The second-order valence-corrected chi connectivity index (χ2v) is 6.03. The lowest BCUT2D eigenvalue weighted by Crippen LogP contribution is -2.40. The zero-order valence-electron chi connectivity index (χ0n) is 13.6. The number of aryl methyl sites for hydroxylation is 1. The van der Waals surface area contributed by atoms with Crippen LogP contribution < -0.4 is 10.6 Å². The van der Waals surface area contributed by atoms with Crippen molar-refractivity contribution in [3.63, 3.8) is 0 Å². The standard InChI is InChI=1S/C17H25N3O2/c1-4-16(21)19-15-6-5-14(11-13(15)3)18-17(22)20-9-7-12(2)8-10-20/h5-6,11-12H,4,7-10H2,1-3H3,(H,18,22)(H,19,21). The summed E-state index contributed by atoms with van der Waals surface area (Å²) < 4.78 is 0. The van der Waals surface area contributed by atoms with E-state index in [1.807, 2.05) is 36.9 Å². The Kier molecular flexibility index (Phi) is 5.41. The summed E-state index contributed by atoms with van der Waals surface area (Å²) in [7, 11) is 0. The van der Waals surface area contributed by atoms with Gasteiger partial charge in [-0.2, -0.15) is 0 Å². The van der Waals surface area contributed by atoms with E-state index in [9.17, 15) is 9.59 Å². The monoisotopic (exact) mass is 303 g/mol. The highest BCUT2D eigenvalue weighted by molar-refractivity contribution is 5.93. The van der Waals surface area contributed by atoms with Crippen LogP contribution in [0.2, 0.25) is 0 Å². The molecule has 0 atom stereocenters. The van der Waals surface area contributed by atoms with E-state index < -0.39 is 0 Å². The molecule has 3 amide bonds. The summed E-state index contributed by atoms with van der Waals surface area (Å²) in [5, 5.41) is 5.78. The molecule has 1 aromatic carbocycles. The highest BCUT2D eigenvalue weighted by Gasteiger charge is 2.20. The van der Waals surface area contributed by atoms with Crippen molar-refractivity contribution < 1.29 is 9.59 Å². The van der Waals surface area contributed by atoms with Crippen LogP contribution in [0, 0.1) is 12.8 Å². The Bertz CT molecular complexity index is 549. The summed E-state index contributed by atoms with van der Waals surface area (Å²) in [6, 6.07) is 5.49. The number of benzene rings is 1. The molecule has 1 saturated heterocycles. The Labute approximate surface area is 132 Å². The van der Waals surface area contributed by atoms with Gasteiger partial charge in [-0.25, -0.2) is 4.79 Å². The molecule has 0 bridgehead atoms. The maximum Gasteiger partial charge on any atom is 0.321 e. The van der Waals surface area contributed by atoms with Gasteiger partial charge in [0.15, 0.2) is 0 Å². The van der Waals surface area contributed by atoms with E-state index in [1.54, 1.807) is 0 Å². The number of carbonyl (C=O) groups is 2. The van der Waals surface area contributed by atoms with E-state index in [4.69, 9.17) is 0 Å². The van der Waals surface area contributed by atoms with Crippen LogP contribution in [-0.4, -0.2) is 29.9 Å². The number of hydrogen-bond donors (Lipinski definition) is 2. The smallest absolute Gasteiger partial charge is 0.321 e. The molecule has 2 rings (SSSR count). The first-order valence-corrected chi connectivity index (χ1v) is 7.96. The number of likely N-dealkylation sites (tertiary alicyclic amines) is 1. The Morgan fingerprint density at radius 2 is 1.91 bits per heavy atom. The third-order valence-corrected chi connectivity index (χ3v) is 4.14. The van der Waals surface area contributed by atoms with Gasteiger partial charge >= 0.3 is 6.03 Å². The highest BCUT2D eigenvalue weighted by Crippen LogP contribution is 2.21. The molecule has 5 nitrogen and oxygen atoms in total. The van der Waals surface area contributed by atoms with Crippen LogP contribution in [0.3, 0.4) is 0 Å². The van der Waals surface area contributed by atoms with Crippen molar-refractivity contribution in [2.24, 2.45) is 5.92 Å². The second-order valence-electron chi connectivity index (χ2n) is 6.03. The van der Waals surface area contributed by atoms with Crippen LogP contribution in [0.15, 0.2) is 18.2 Å². The molecule has 1 aromatic rings. The second kappa shape index (κ2) is 7.29. The molecular weight excluding hydrogens is 278 g/mol. The minimum Gasteiger partial charge on any atom is -0.326 e. The minimum absolute atomic E-state index is 0.0117.